The minimum atomic E-state index is -0.220. The SMILES string of the molecule is C=CCNc1nnc(S[C@@H](C(=O)NCc2cccnc2)C(C)C)s1. The van der Waals surface area contributed by atoms with Gasteiger partial charge in [-0.15, -0.1) is 16.8 Å². The Kier molecular flexibility index (Phi) is 7.20. The number of rotatable bonds is 9. The number of aromatic nitrogens is 3. The fraction of sp³-hybridized carbons (Fsp3) is 0.375. The molecule has 0 spiro atoms. The predicted octanol–water partition coefficient (Wildman–Crippen LogP) is 2.96. The first kappa shape index (κ1) is 18.4. The van der Waals surface area contributed by atoms with E-state index in [9.17, 15) is 4.79 Å². The topological polar surface area (TPSA) is 79.8 Å². The van der Waals surface area contributed by atoms with Crippen molar-refractivity contribution in [1.29, 1.82) is 0 Å². The van der Waals surface area contributed by atoms with E-state index in [-0.39, 0.29) is 17.1 Å². The highest BCUT2D eigenvalue weighted by atomic mass is 32.2. The number of anilines is 1. The van der Waals surface area contributed by atoms with Gasteiger partial charge < -0.3 is 10.6 Å². The minimum Gasteiger partial charge on any atom is -0.357 e. The molecule has 1 amide bonds. The van der Waals surface area contributed by atoms with Crippen molar-refractivity contribution in [2.75, 3.05) is 11.9 Å². The van der Waals surface area contributed by atoms with Gasteiger partial charge in [-0.1, -0.05) is 49.1 Å². The molecule has 2 N–H and O–H groups in total. The third kappa shape index (κ3) is 5.61. The Morgan fingerprint density at radius 1 is 1.46 bits per heavy atom. The fourth-order valence-corrected chi connectivity index (χ4v) is 3.87. The molecule has 0 saturated carbocycles. The summed E-state index contributed by atoms with van der Waals surface area (Å²) in [6.45, 7) is 8.82. The highest BCUT2D eigenvalue weighted by Gasteiger charge is 2.25. The summed E-state index contributed by atoms with van der Waals surface area (Å²) in [4.78, 5) is 16.6. The summed E-state index contributed by atoms with van der Waals surface area (Å²) in [7, 11) is 0. The number of nitrogens with zero attached hydrogens (tertiary/aromatic N) is 3. The van der Waals surface area contributed by atoms with Crippen LogP contribution in [0.15, 0.2) is 41.5 Å². The maximum Gasteiger partial charge on any atom is 0.234 e. The fourth-order valence-electron chi connectivity index (χ4n) is 1.88. The Labute approximate surface area is 150 Å². The zero-order chi connectivity index (χ0) is 17.4. The lowest BCUT2D eigenvalue weighted by Gasteiger charge is -2.18. The molecule has 6 nitrogen and oxygen atoms in total. The molecule has 0 bridgehead atoms. The first-order valence-electron chi connectivity index (χ1n) is 7.61. The Balaban J connectivity index is 1.94. The van der Waals surface area contributed by atoms with E-state index in [4.69, 9.17) is 0 Å². The molecule has 0 aliphatic heterocycles. The molecule has 8 heteroatoms. The van der Waals surface area contributed by atoms with E-state index >= 15 is 0 Å². The van der Waals surface area contributed by atoms with Crippen LogP contribution in [-0.2, 0) is 11.3 Å². The minimum absolute atomic E-state index is 0.00495. The van der Waals surface area contributed by atoms with Crippen molar-refractivity contribution in [2.24, 2.45) is 5.92 Å². The van der Waals surface area contributed by atoms with E-state index in [1.54, 1.807) is 18.5 Å². The van der Waals surface area contributed by atoms with E-state index < -0.39 is 0 Å². The van der Waals surface area contributed by atoms with E-state index in [1.165, 1.54) is 23.1 Å². The van der Waals surface area contributed by atoms with Gasteiger partial charge in [0.2, 0.25) is 11.0 Å². The van der Waals surface area contributed by atoms with Gasteiger partial charge in [-0.05, 0) is 17.5 Å². The molecular formula is C16H21N5OS2. The molecule has 0 saturated heterocycles. The number of carbonyl (C=O) groups excluding carboxylic acids is 1. The number of hydrogen-bond acceptors (Lipinski definition) is 7. The lowest BCUT2D eigenvalue weighted by Crippen LogP contribution is -2.35. The van der Waals surface area contributed by atoms with Gasteiger partial charge >= 0.3 is 0 Å². The number of amides is 1. The average molecular weight is 364 g/mol. The van der Waals surface area contributed by atoms with Crippen LogP contribution in [0.1, 0.15) is 19.4 Å². The van der Waals surface area contributed by atoms with Crippen LogP contribution in [0.2, 0.25) is 0 Å². The summed E-state index contributed by atoms with van der Waals surface area (Å²) < 4.78 is 0.775. The monoisotopic (exact) mass is 363 g/mol. The summed E-state index contributed by atoms with van der Waals surface area (Å²) in [5, 5.41) is 14.8. The number of carbonyl (C=O) groups is 1. The average Bonchev–Trinajstić information content (AvgIpc) is 3.04. The molecular weight excluding hydrogens is 342 g/mol. The maximum atomic E-state index is 12.5. The van der Waals surface area contributed by atoms with Crippen LogP contribution < -0.4 is 10.6 Å². The molecule has 0 fully saturated rings. The number of pyridine rings is 1. The smallest absolute Gasteiger partial charge is 0.234 e. The lowest BCUT2D eigenvalue weighted by molar-refractivity contribution is -0.121. The van der Waals surface area contributed by atoms with Gasteiger partial charge in [-0.3, -0.25) is 9.78 Å². The molecule has 1 atom stereocenters. The van der Waals surface area contributed by atoms with Crippen LogP contribution in [0, 0.1) is 5.92 Å². The van der Waals surface area contributed by atoms with E-state index in [0.717, 1.165) is 15.0 Å². The highest BCUT2D eigenvalue weighted by Crippen LogP contribution is 2.32. The van der Waals surface area contributed by atoms with Crippen LogP contribution >= 0.6 is 23.1 Å². The Hall–Kier alpha value is -1.93. The zero-order valence-corrected chi connectivity index (χ0v) is 15.4. The number of hydrogen-bond donors (Lipinski definition) is 2. The van der Waals surface area contributed by atoms with Crippen molar-refractivity contribution in [1.82, 2.24) is 20.5 Å². The normalized spacial score (nSPS) is 12.0. The lowest BCUT2D eigenvalue weighted by atomic mass is 10.1. The molecule has 0 unspecified atom stereocenters. The van der Waals surface area contributed by atoms with E-state index in [0.29, 0.717) is 13.1 Å². The Bertz CT molecular complexity index is 659. The van der Waals surface area contributed by atoms with E-state index in [1.807, 2.05) is 26.0 Å². The molecule has 2 rings (SSSR count). The number of nitrogens with one attached hydrogen (secondary N) is 2. The van der Waals surface area contributed by atoms with Crippen LogP contribution in [-0.4, -0.2) is 32.9 Å². The summed E-state index contributed by atoms with van der Waals surface area (Å²) in [5.74, 6) is 0.173. The second-order valence-electron chi connectivity index (χ2n) is 5.40. The molecule has 24 heavy (non-hydrogen) atoms. The third-order valence-electron chi connectivity index (χ3n) is 3.09. The van der Waals surface area contributed by atoms with Crippen molar-refractivity contribution >= 4 is 34.1 Å². The summed E-state index contributed by atoms with van der Waals surface area (Å²) >= 11 is 2.89. The predicted molar refractivity (Wildman–Crippen MR) is 99.2 cm³/mol. The highest BCUT2D eigenvalue weighted by molar-refractivity contribution is 8.02. The molecule has 2 heterocycles. The zero-order valence-electron chi connectivity index (χ0n) is 13.7. The summed E-state index contributed by atoms with van der Waals surface area (Å²) in [6, 6.07) is 3.79. The van der Waals surface area contributed by atoms with Crippen molar-refractivity contribution in [2.45, 2.75) is 30.0 Å². The van der Waals surface area contributed by atoms with Crippen LogP contribution in [0.3, 0.4) is 0 Å². The van der Waals surface area contributed by atoms with Crippen LogP contribution in [0.25, 0.3) is 0 Å². The van der Waals surface area contributed by atoms with Gasteiger partial charge in [0.25, 0.3) is 0 Å². The second kappa shape index (κ2) is 9.39. The Morgan fingerprint density at radius 2 is 2.29 bits per heavy atom. The van der Waals surface area contributed by atoms with Gasteiger partial charge in [0.15, 0.2) is 4.34 Å². The third-order valence-corrected chi connectivity index (χ3v) is 5.60. The molecule has 0 aliphatic rings. The van der Waals surface area contributed by atoms with Crippen LogP contribution in [0.4, 0.5) is 5.13 Å². The first-order chi connectivity index (χ1) is 11.6. The summed E-state index contributed by atoms with van der Waals surface area (Å²) in [5.41, 5.74) is 0.977. The van der Waals surface area contributed by atoms with Gasteiger partial charge in [0.1, 0.15) is 0 Å². The molecule has 0 radical (unpaired) electrons. The molecule has 2 aromatic rings. The van der Waals surface area contributed by atoms with Gasteiger partial charge in [-0.25, -0.2) is 0 Å². The molecule has 2 aromatic heterocycles. The van der Waals surface area contributed by atoms with Gasteiger partial charge in [-0.2, -0.15) is 0 Å². The summed E-state index contributed by atoms with van der Waals surface area (Å²) in [6.07, 6.45) is 5.22. The Morgan fingerprint density at radius 3 is 2.96 bits per heavy atom. The quantitative estimate of drug-likeness (QED) is 0.527. The largest absolute Gasteiger partial charge is 0.357 e. The molecule has 0 aromatic carbocycles. The van der Waals surface area contributed by atoms with Crippen LogP contribution in [0.5, 0.6) is 0 Å². The van der Waals surface area contributed by atoms with Crippen molar-refractivity contribution in [3.05, 3.63) is 42.7 Å². The van der Waals surface area contributed by atoms with Crippen molar-refractivity contribution < 1.29 is 4.79 Å². The molecule has 0 aliphatic carbocycles. The van der Waals surface area contributed by atoms with Gasteiger partial charge in [0.05, 0.1) is 5.25 Å². The van der Waals surface area contributed by atoms with Gasteiger partial charge in [0, 0.05) is 25.5 Å². The molecule has 128 valence electrons. The van der Waals surface area contributed by atoms with E-state index in [2.05, 4.69) is 32.4 Å². The maximum absolute atomic E-state index is 12.5. The number of thioether (sulfide) groups is 1. The van der Waals surface area contributed by atoms with Crippen molar-refractivity contribution in [3.8, 4) is 0 Å². The van der Waals surface area contributed by atoms with Crippen molar-refractivity contribution in [3.63, 3.8) is 0 Å². The second-order valence-corrected chi connectivity index (χ2v) is 7.77. The first-order valence-corrected chi connectivity index (χ1v) is 9.31. The standard InChI is InChI=1S/C16H21N5OS2/c1-4-7-18-15-20-21-16(24-15)23-13(11(2)3)14(22)19-10-12-6-5-8-17-9-12/h4-6,8-9,11,13H,1,7,10H2,2-3H3,(H,18,20)(H,19,22)/t13-/m1/s1.